The van der Waals surface area contributed by atoms with Gasteiger partial charge in [0, 0.05) is 32.9 Å². The second-order valence-electron chi connectivity index (χ2n) is 4.23. The Morgan fingerprint density at radius 2 is 2.53 bits per heavy atom. The van der Waals surface area contributed by atoms with Gasteiger partial charge in [-0.25, -0.2) is 4.98 Å². The van der Waals surface area contributed by atoms with Crippen molar-refractivity contribution in [2.24, 2.45) is 7.05 Å². The van der Waals surface area contributed by atoms with E-state index in [1.165, 1.54) is 0 Å². The van der Waals surface area contributed by atoms with E-state index in [-0.39, 0.29) is 12.0 Å². The average Bonchev–Trinajstić information content (AvgIpc) is 2.76. The maximum atomic E-state index is 12.1. The Morgan fingerprint density at radius 3 is 3.18 bits per heavy atom. The Balaban J connectivity index is 1.99. The van der Waals surface area contributed by atoms with Crippen molar-refractivity contribution in [2.45, 2.75) is 6.10 Å². The van der Waals surface area contributed by atoms with Gasteiger partial charge in [0.25, 0.3) is 5.91 Å². The van der Waals surface area contributed by atoms with Gasteiger partial charge in [0.05, 0.1) is 19.0 Å². The van der Waals surface area contributed by atoms with E-state index in [4.69, 9.17) is 4.74 Å². The van der Waals surface area contributed by atoms with E-state index in [1.807, 2.05) is 14.1 Å². The summed E-state index contributed by atoms with van der Waals surface area (Å²) in [5.41, 5.74) is 0.498. The molecule has 6 heteroatoms. The van der Waals surface area contributed by atoms with Crippen molar-refractivity contribution in [1.29, 1.82) is 0 Å². The zero-order valence-electron chi connectivity index (χ0n) is 10.2. The molecule has 0 bridgehead atoms. The SMILES string of the molecule is CNCC1CN(C(=O)c2cn(C)cn2)CCO1. The molecule has 1 aliphatic rings. The highest BCUT2D eigenvalue weighted by Gasteiger charge is 2.25. The van der Waals surface area contributed by atoms with Crippen LogP contribution in [-0.4, -0.2) is 59.8 Å². The van der Waals surface area contributed by atoms with Gasteiger partial charge in [-0.1, -0.05) is 0 Å². The molecule has 0 radical (unpaired) electrons. The first-order valence-electron chi connectivity index (χ1n) is 5.74. The van der Waals surface area contributed by atoms with Gasteiger partial charge in [-0.15, -0.1) is 0 Å². The van der Waals surface area contributed by atoms with Crippen LogP contribution in [0.15, 0.2) is 12.5 Å². The second kappa shape index (κ2) is 5.29. The summed E-state index contributed by atoms with van der Waals surface area (Å²) in [6.07, 6.45) is 3.45. The van der Waals surface area contributed by atoms with Crippen LogP contribution >= 0.6 is 0 Å². The Labute approximate surface area is 101 Å². The number of ether oxygens (including phenoxy) is 1. The highest BCUT2D eigenvalue weighted by molar-refractivity contribution is 5.92. The van der Waals surface area contributed by atoms with Crippen LogP contribution in [-0.2, 0) is 11.8 Å². The lowest BCUT2D eigenvalue weighted by Crippen LogP contribution is -2.48. The second-order valence-corrected chi connectivity index (χ2v) is 4.23. The number of imidazole rings is 1. The summed E-state index contributed by atoms with van der Waals surface area (Å²) in [7, 11) is 3.73. The third-order valence-corrected chi connectivity index (χ3v) is 2.78. The summed E-state index contributed by atoms with van der Waals surface area (Å²) >= 11 is 0. The largest absolute Gasteiger partial charge is 0.373 e. The van der Waals surface area contributed by atoms with Crippen LogP contribution in [0.3, 0.4) is 0 Å². The normalized spacial score (nSPS) is 20.6. The lowest BCUT2D eigenvalue weighted by atomic mass is 10.2. The van der Waals surface area contributed by atoms with Crippen molar-refractivity contribution in [3.05, 3.63) is 18.2 Å². The minimum Gasteiger partial charge on any atom is -0.373 e. The molecular formula is C11H18N4O2. The number of aromatic nitrogens is 2. The molecule has 1 fully saturated rings. The minimum atomic E-state index is -0.0185. The van der Waals surface area contributed by atoms with Gasteiger partial charge in [0.15, 0.2) is 0 Å². The first kappa shape index (κ1) is 12.1. The zero-order chi connectivity index (χ0) is 12.3. The molecule has 1 aromatic rings. The van der Waals surface area contributed by atoms with Crippen LogP contribution in [0.4, 0.5) is 0 Å². The molecule has 1 saturated heterocycles. The maximum absolute atomic E-state index is 12.1. The van der Waals surface area contributed by atoms with Gasteiger partial charge in [0.2, 0.25) is 0 Å². The van der Waals surface area contributed by atoms with Crippen molar-refractivity contribution in [3.8, 4) is 0 Å². The fourth-order valence-corrected chi connectivity index (χ4v) is 1.94. The molecule has 1 amide bonds. The highest BCUT2D eigenvalue weighted by Crippen LogP contribution is 2.08. The maximum Gasteiger partial charge on any atom is 0.274 e. The fourth-order valence-electron chi connectivity index (χ4n) is 1.94. The summed E-state index contributed by atoms with van der Waals surface area (Å²) < 4.78 is 7.33. The molecule has 94 valence electrons. The third-order valence-electron chi connectivity index (χ3n) is 2.78. The lowest BCUT2D eigenvalue weighted by molar-refractivity contribution is -0.0198. The number of nitrogens with one attached hydrogen (secondary N) is 1. The topological polar surface area (TPSA) is 59.4 Å². The summed E-state index contributed by atoms with van der Waals surface area (Å²) in [4.78, 5) is 18.0. The number of aryl methyl sites for hydroxylation is 1. The molecule has 1 aromatic heterocycles. The Hall–Kier alpha value is -1.40. The van der Waals surface area contributed by atoms with E-state index >= 15 is 0 Å². The molecule has 1 atom stereocenters. The van der Waals surface area contributed by atoms with Gasteiger partial charge in [-0.2, -0.15) is 0 Å². The van der Waals surface area contributed by atoms with E-state index in [0.29, 0.717) is 25.4 Å². The summed E-state index contributed by atoms with van der Waals surface area (Å²) in [5.74, 6) is -0.0185. The molecule has 0 saturated carbocycles. The van der Waals surface area contributed by atoms with E-state index in [0.717, 1.165) is 6.54 Å². The molecular weight excluding hydrogens is 220 g/mol. The number of likely N-dealkylation sites (N-methyl/N-ethyl adjacent to an activating group) is 1. The molecule has 1 aliphatic heterocycles. The van der Waals surface area contributed by atoms with E-state index in [9.17, 15) is 4.79 Å². The van der Waals surface area contributed by atoms with Crippen LogP contribution in [0.1, 0.15) is 10.5 Å². The Bertz CT molecular complexity index is 389. The minimum absolute atomic E-state index is 0.0185. The van der Waals surface area contributed by atoms with E-state index < -0.39 is 0 Å². The fraction of sp³-hybridized carbons (Fsp3) is 0.636. The number of amides is 1. The smallest absolute Gasteiger partial charge is 0.274 e. The number of carbonyl (C=O) groups excluding carboxylic acids is 1. The first-order chi connectivity index (χ1) is 8.20. The monoisotopic (exact) mass is 238 g/mol. The number of carbonyl (C=O) groups is 1. The van der Waals surface area contributed by atoms with E-state index in [2.05, 4.69) is 10.3 Å². The third kappa shape index (κ3) is 2.83. The molecule has 6 nitrogen and oxygen atoms in total. The molecule has 2 heterocycles. The van der Waals surface area contributed by atoms with Crippen molar-refractivity contribution in [2.75, 3.05) is 33.3 Å². The molecule has 2 rings (SSSR count). The number of hydrogen-bond donors (Lipinski definition) is 1. The predicted octanol–water partition coefficient (Wildman–Crippen LogP) is -0.520. The summed E-state index contributed by atoms with van der Waals surface area (Å²) in [6, 6.07) is 0. The van der Waals surface area contributed by atoms with Gasteiger partial charge >= 0.3 is 0 Å². The van der Waals surface area contributed by atoms with Crippen molar-refractivity contribution in [1.82, 2.24) is 19.8 Å². The van der Waals surface area contributed by atoms with Crippen LogP contribution in [0.2, 0.25) is 0 Å². The number of nitrogens with zero attached hydrogens (tertiary/aromatic N) is 3. The highest BCUT2D eigenvalue weighted by atomic mass is 16.5. The van der Waals surface area contributed by atoms with Crippen LogP contribution < -0.4 is 5.32 Å². The Kier molecular flexibility index (Phi) is 3.75. The summed E-state index contributed by atoms with van der Waals surface area (Å²) in [5, 5.41) is 3.06. The van der Waals surface area contributed by atoms with Crippen molar-refractivity contribution >= 4 is 5.91 Å². The molecule has 0 aliphatic carbocycles. The average molecular weight is 238 g/mol. The number of rotatable bonds is 3. The number of hydrogen-bond acceptors (Lipinski definition) is 4. The van der Waals surface area contributed by atoms with Crippen LogP contribution in [0.25, 0.3) is 0 Å². The molecule has 1 unspecified atom stereocenters. The quantitative estimate of drug-likeness (QED) is 0.770. The molecule has 1 N–H and O–H groups in total. The van der Waals surface area contributed by atoms with Crippen LogP contribution in [0, 0.1) is 0 Å². The predicted molar refractivity (Wildman–Crippen MR) is 62.8 cm³/mol. The van der Waals surface area contributed by atoms with Crippen molar-refractivity contribution < 1.29 is 9.53 Å². The van der Waals surface area contributed by atoms with Crippen molar-refractivity contribution in [3.63, 3.8) is 0 Å². The van der Waals surface area contributed by atoms with Gasteiger partial charge in [-0.3, -0.25) is 4.79 Å². The zero-order valence-corrected chi connectivity index (χ0v) is 10.2. The molecule has 17 heavy (non-hydrogen) atoms. The van der Waals surface area contributed by atoms with E-state index in [1.54, 1.807) is 22.0 Å². The van der Waals surface area contributed by atoms with Gasteiger partial charge in [0.1, 0.15) is 5.69 Å². The lowest BCUT2D eigenvalue weighted by Gasteiger charge is -2.32. The first-order valence-corrected chi connectivity index (χ1v) is 5.74. The van der Waals surface area contributed by atoms with Gasteiger partial charge < -0.3 is 19.5 Å². The number of morpholine rings is 1. The van der Waals surface area contributed by atoms with Gasteiger partial charge in [-0.05, 0) is 7.05 Å². The van der Waals surface area contributed by atoms with Crippen LogP contribution in [0.5, 0.6) is 0 Å². The molecule has 0 aromatic carbocycles. The summed E-state index contributed by atoms with van der Waals surface area (Å²) in [6.45, 7) is 2.60. The Morgan fingerprint density at radius 1 is 1.71 bits per heavy atom. The molecule has 0 spiro atoms. The standard InChI is InChI=1S/C11H18N4O2/c1-12-5-9-6-15(3-4-17-9)11(16)10-7-14(2)8-13-10/h7-9,12H,3-6H2,1-2H3.